The molecule has 0 saturated carbocycles. The first-order valence-corrected chi connectivity index (χ1v) is 17.1. The number of piperazine rings is 1. The van der Waals surface area contributed by atoms with E-state index in [-0.39, 0.29) is 42.5 Å². The molecule has 3 aromatic rings. The summed E-state index contributed by atoms with van der Waals surface area (Å²) in [6.07, 6.45) is 1.78. The van der Waals surface area contributed by atoms with Crippen molar-refractivity contribution in [3.8, 4) is 6.07 Å². The molecule has 1 fully saturated rings. The molecule has 1 saturated heterocycles. The van der Waals surface area contributed by atoms with E-state index in [1.807, 2.05) is 17.0 Å². The van der Waals surface area contributed by atoms with Gasteiger partial charge in [0, 0.05) is 25.0 Å². The fourth-order valence-electron chi connectivity index (χ4n) is 5.11. The van der Waals surface area contributed by atoms with Gasteiger partial charge in [-0.05, 0) is 65.3 Å². The summed E-state index contributed by atoms with van der Waals surface area (Å²) in [5.74, 6) is -0.450. The molecule has 0 radical (unpaired) electrons. The standard InChI is InChI=1S/C34H40ClN7O6S/c1-33(2,3)47-31(44)41-18-17-40(20-22(41)15-16-36)28-23(27(29(43)46-7)38-30(39-28)49-8)19-37-42(32(45)48-34(4,5)6)25-14-10-12-21-11-9-13-24(35)26(21)25/h9-14,19,22H,15,17-18,20H2,1-8H3/b37-19+. The molecule has 4 rings (SSSR count). The lowest BCUT2D eigenvalue weighted by molar-refractivity contribution is 0.0144. The molecule has 49 heavy (non-hydrogen) atoms. The zero-order chi connectivity index (χ0) is 36.1. The van der Waals surface area contributed by atoms with E-state index in [0.717, 1.165) is 10.4 Å². The van der Waals surface area contributed by atoms with Gasteiger partial charge in [-0.3, -0.25) is 0 Å². The molecular weight excluding hydrogens is 670 g/mol. The molecular formula is C34H40ClN7O6S. The van der Waals surface area contributed by atoms with Gasteiger partial charge >= 0.3 is 18.2 Å². The van der Waals surface area contributed by atoms with Crippen LogP contribution in [0.5, 0.6) is 0 Å². The Bertz CT molecular complexity index is 1800. The number of ether oxygens (including phenoxy) is 3. The predicted molar refractivity (Wildman–Crippen MR) is 190 cm³/mol. The lowest BCUT2D eigenvalue weighted by atomic mass is 10.1. The SMILES string of the molecule is COC(=O)c1nc(SC)nc(N2CCN(C(=O)OC(C)(C)C)C(CC#N)C2)c1/C=N/N(C(=O)OC(C)(C)C)c1cccc2cccc(Cl)c12. The summed E-state index contributed by atoms with van der Waals surface area (Å²) in [5, 5.41) is 17.3. The Morgan fingerprint density at radius 2 is 1.76 bits per heavy atom. The van der Waals surface area contributed by atoms with Gasteiger partial charge in [0.15, 0.2) is 10.9 Å². The highest BCUT2D eigenvalue weighted by molar-refractivity contribution is 7.98. The number of carbonyl (C=O) groups excluding carboxylic acids is 3. The molecule has 13 nitrogen and oxygen atoms in total. The molecule has 0 N–H and O–H groups in total. The number of hydrazone groups is 1. The summed E-state index contributed by atoms with van der Waals surface area (Å²) in [4.78, 5) is 52.6. The molecule has 0 spiro atoms. The van der Waals surface area contributed by atoms with Gasteiger partial charge in [-0.25, -0.2) is 24.4 Å². The average molecular weight is 710 g/mol. The fourth-order valence-corrected chi connectivity index (χ4v) is 5.75. The van der Waals surface area contributed by atoms with Crippen LogP contribution in [0.2, 0.25) is 5.02 Å². The number of amides is 2. The van der Waals surface area contributed by atoms with Crippen molar-refractivity contribution in [2.45, 2.75) is 70.4 Å². The number of halogens is 1. The molecule has 1 unspecified atom stereocenters. The van der Waals surface area contributed by atoms with Crippen molar-refractivity contribution in [1.82, 2.24) is 14.9 Å². The molecule has 260 valence electrons. The van der Waals surface area contributed by atoms with Crippen molar-refractivity contribution in [2.24, 2.45) is 5.10 Å². The monoisotopic (exact) mass is 709 g/mol. The van der Waals surface area contributed by atoms with Crippen molar-refractivity contribution in [1.29, 1.82) is 5.26 Å². The first-order valence-electron chi connectivity index (χ1n) is 15.5. The van der Waals surface area contributed by atoms with Crippen molar-refractivity contribution in [2.75, 3.05) is 42.9 Å². The highest BCUT2D eigenvalue weighted by Crippen LogP contribution is 2.34. The summed E-state index contributed by atoms with van der Waals surface area (Å²) in [6.45, 7) is 11.2. The van der Waals surface area contributed by atoms with Crippen molar-refractivity contribution in [3.63, 3.8) is 0 Å². The first-order chi connectivity index (χ1) is 23.1. The maximum Gasteiger partial charge on any atom is 0.435 e. The van der Waals surface area contributed by atoms with Crippen LogP contribution >= 0.6 is 23.4 Å². The molecule has 1 aromatic heterocycles. The van der Waals surface area contributed by atoms with Gasteiger partial charge in [-0.1, -0.05) is 47.6 Å². The first kappa shape index (κ1) is 37.2. The van der Waals surface area contributed by atoms with Gasteiger partial charge in [-0.2, -0.15) is 15.4 Å². The Labute approximate surface area is 295 Å². The quantitative estimate of drug-likeness (QED) is 0.0629. The van der Waals surface area contributed by atoms with Crippen LogP contribution in [-0.2, 0) is 14.2 Å². The van der Waals surface area contributed by atoms with E-state index in [0.29, 0.717) is 21.9 Å². The van der Waals surface area contributed by atoms with Crippen LogP contribution in [0.4, 0.5) is 21.1 Å². The van der Waals surface area contributed by atoms with Gasteiger partial charge in [0.25, 0.3) is 0 Å². The Hall–Kier alpha value is -4.61. The number of nitriles is 1. The van der Waals surface area contributed by atoms with E-state index in [9.17, 15) is 19.6 Å². The molecule has 0 aliphatic carbocycles. The zero-order valence-corrected chi connectivity index (χ0v) is 30.4. The lowest BCUT2D eigenvalue weighted by Gasteiger charge is -2.41. The lowest BCUT2D eigenvalue weighted by Crippen LogP contribution is -2.56. The molecule has 15 heteroatoms. The molecule has 1 aliphatic heterocycles. The van der Waals surface area contributed by atoms with Gasteiger partial charge in [0.1, 0.15) is 17.0 Å². The van der Waals surface area contributed by atoms with E-state index < -0.39 is 35.4 Å². The van der Waals surface area contributed by atoms with Gasteiger partial charge in [-0.15, -0.1) is 0 Å². The Balaban J connectivity index is 1.87. The van der Waals surface area contributed by atoms with Crippen LogP contribution in [0.1, 0.15) is 64.0 Å². The van der Waals surface area contributed by atoms with Crippen LogP contribution in [0.15, 0.2) is 46.7 Å². The fraction of sp³-hybridized carbons (Fsp3) is 0.441. The molecule has 2 heterocycles. The molecule has 2 amide bonds. The van der Waals surface area contributed by atoms with Crippen molar-refractivity contribution in [3.05, 3.63) is 52.7 Å². The van der Waals surface area contributed by atoms with Gasteiger partial charge < -0.3 is 24.0 Å². The Morgan fingerprint density at radius 1 is 1.08 bits per heavy atom. The van der Waals surface area contributed by atoms with Crippen LogP contribution in [0.25, 0.3) is 10.8 Å². The molecule has 1 aliphatic rings. The number of aromatic nitrogens is 2. The topological polar surface area (TPSA) is 151 Å². The minimum Gasteiger partial charge on any atom is -0.464 e. The third-order valence-electron chi connectivity index (χ3n) is 7.13. The maximum atomic E-state index is 13.7. The smallest absolute Gasteiger partial charge is 0.435 e. The number of carbonyl (C=O) groups is 3. The van der Waals surface area contributed by atoms with Crippen LogP contribution in [0, 0.1) is 11.3 Å². The summed E-state index contributed by atoms with van der Waals surface area (Å²) in [7, 11) is 1.23. The number of methoxy groups -OCH3 is 1. The molecule has 0 bridgehead atoms. The highest BCUT2D eigenvalue weighted by Gasteiger charge is 2.36. The second kappa shape index (κ2) is 15.3. The number of hydrogen-bond donors (Lipinski definition) is 0. The van der Waals surface area contributed by atoms with Gasteiger partial charge in [0.2, 0.25) is 0 Å². The van der Waals surface area contributed by atoms with Crippen molar-refractivity contribution >= 4 is 70.0 Å². The number of thioether (sulfide) groups is 1. The summed E-state index contributed by atoms with van der Waals surface area (Å²) >= 11 is 7.85. The zero-order valence-electron chi connectivity index (χ0n) is 28.8. The van der Waals surface area contributed by atoms with Crippen LogP contribution in [0.3, 0.4) is 0 Å². The number of nitrogens with zero attached hydrogens (tertiary/aromatic N) is 7. The number of fused-ring (bicyclic) bond motifs is 1. The van der Waals surface area contributed by atoms with E-state index in [1.54, 1.807) is 72.1 Å². The third kappa shape index (κ3) is 9.10. The number of hydrogen-bond acceptors (Lipinski definition) is 12. The summed E-state index contributed by atoms with van der Waals surface area (Å²) < 4.78 is 16.4. The largest absolute Gasteiger partial charge is 0.464 e. The van der Waals surface area contributed by atoms with Crippen LogP contribution < -0.4 is 9.91 Å². The average Bonchev–Trinajstić information content (AvgIpc) is 3.02. The summed E-state index contributed by atoms with van der Waals surface area (Å²) in [6, 6.07) is 12.3. The second-order valence-corrected chi connectivity index (χ2v) is 14.3. The number of anilines is 2. The number of rotatable bonds is 7. The van der Waals surface area contributed by atoms with Crippen LogP contribution in [-0.4, -0.2) is 89.5 Å². The number of esters is 1. The minimum atomic E-state index is -0.867. The normalized spacial score (nSPS) is 15.2. The van der Waals surface area contributed by atoms with E-state index in [4.69, 9.17) is 30.8 Å². The van der Waals surface area contributed by atoms with Gasteiger partial charge in [0.05, 0.1) is 48.1 Å². The van der Waals surface area contributed by atoms with E-state index >= 15 is 0 Å². The highest BCUT2D eigenvalue weighted by atomic mass is 35.5. The Morgan fingerprint density at radius 3 is 2.37 bits per heavy atom. The maximum absolute atomic E-state index is 13.7. The molecule has 2 aromatic carbocycles. The van der Waals surface area contributed by atoms with E-state index in [2.05, 4.69) is 16.2 Å². The predicted octanol–water partition coefficient (Wildman–Crippen LogP) is 6.91. The number of benzene rings is 2. The third-order valence-corrected chi connectivity index (χ3v) is 7.99. The minimum absolute atomic E-state index is 0.0256. The van der Waals surface area contributed by atoms with E-state index in [1.165, 1.54) is 30.0 Å². The summed E-state index contributed by atoms with van der Waals surface area (Å²) in [5.41, 5.74) is -1.18. The van der Waals surface area contributed by atoms with Crippen molar-refractivity contribution < 1.29 is 28.6 Å². The second-order valence-electron chi connectivity index (χ2n) is 13.1. The molecule has 1 atom stereocenters. The Kier molecular flexibility index (Phi) is 11.6.